The summed E-state index contributed by atoms with van der Waals surface area (Å²) in [5, 5.41) is 5.60. The Bertz CT molecular complexity index is 1130. The van der Waals surface area contributed by atoms with Crippen LogP contribution in [0.2, 0.25) is 0 Å². The SMILES string of the molecule is C#CN(C(=O)C(NC(=O)OC(C)(C)C)C(C)CC)C(C(=O)NCc1ccccc1)c1ccc(C)c(C)c1. The fourth-order valence-corrected chi connectivity index (χ4v) is 3.77. The van der Waals surface area contributed by atoms with E-state index in [0.717, 1.165) is 21.6 Å². The first-order valence-corrected chi connectivity index (χ1v) is 12.6. The van der Waals surface area contributed by atoms with E-state index in [-0.39, 0.29) is 12.5 Å². The number of nitrogens with one attached hydrogen (secondary N) is 2. The van der Waals surface area contributed by atoms with Crippen LogP contribution in [0.25, 0.3) is 0 Å². The summed E-state index contributed by atoms with van der Waals surface area (Å²) >= 11 is 0. The van der Waals surface area contributed by atoms with Crippen LogP contribution in [0, 0.1) is 32.2 Å². The molecule has 0 heterocycles. The minimum absolute atomic E-state index is 0.261. The first-order valence-electron chi connectivity index (χ1n) is 12.6. The largest absolute Gasteiger partial charge is 0.444 e. The van der Waals surface area contributed by atoms with Crippen LogP contribution >= 0.6 is 0 Å². The van der Waals surface area contributed by atoms with E-state index in [1.54, 1.807) is 26.8 Å². The molecule has 7 heteroatoms. The molecule has 7 nitrogen and oxygen atoms in total. The van der Waals surface area contributed by atoms with E-state index in [4.69, 9.17) is 11.2 Å². The summed E-state index contributed by atoms with van der Waals surface area (Å²) in [5.41, 5.74) is 2.78. The molecule has 0 aromatic heterocycles. The van der Waals surface area contributed by atoms with Gasteiger partial charge in [0.05, 0.1) is 0 Å². The van der Waals surface area contributed by atoms with Gasteiger partial charge in [0.1, 0.15) is 17.7 Å². The molecule has 3 atom stereocenters. The third-order valence-corrected chi connectivity index (χ3v) is 6.19. The Kier molecular flexibility index (Phi) is 10.3. The summed E-state index contributed by atoms with van der Waals surface area (Å²) in [5.74, 6) is -1.23. The van der Waals surface area contributed by atoms with Gasteiger partial charge in [0.25, 0.3) is 5.91 Å². The van der Waals surface area contributed by atoms with Gasteiger partial charge >= 0.3 is 6.09 Å². The van der Waals surface area contributed by atoms with Gasteiger partial charge in [0.15, 0.2) is 0 Å². The van der Waals surface area contributed by atoms with Gasteiger partial charge in [-0.3, -0.25) is 14.5 Å². The standard InChI is InChI=1S/C30H39N3O4/c1-9-20(3)25(32-29(36)37-30(6,7)8)28(35)33(10-2)26(24-17-16-21(4)22(5)18-24)27(34)31-19-23-14-12-11-13-15-23/h2,11-18,20,25-26H,9,19H2,1,3-8H3,(H,31,34)(H,32,36). The quantitative estimate of drug-likeness (QED) is 0.370. The van der Waals surface area contributed by atoms with Gasteiger partial charge in [0.2, 0.25) is 5.91 Å². The molecular formula is C30H39N3O4. The smallest absolute Gasteiger partial charge is 0.408 e. The normalized spacial score (nSPS) is 13.5. The molecule has 198 valence electrons. The fraction of sp³-hybridized carbons (Fsp3) is 0.433. The number of alkyl carbamates (subject to hydrolysis) is 1. The van der Waals surface area contributed by atoms with E-state index in [2.05, 4.69) is 16.7 Å². The molecule has 3 unspecified atom stereocenters. The van der Waals surface area contributed by atoms with Crippen molar-refractivity contribution in [3.05, 3.63) is 70.8 Å². The monoisotopic (exact) mass is 505 g/mol. The number of hydrogen-bond acceptors (Lipinski definition) is 4. The summed E-state index contributed by atoms with van der Waals surface area (Å²) in [6.07, 6.45) is 5.74. The Morgan fingerprint density at radius 1 is 1.05 bits per heavy atom. The number of rotatable bonds is 9. The molecule has 3 amide bonds. The molecule has 0 bridgehead atoms. The highest BCUT2D eigenvalue weighted by Crippen LogP contribution is 2.26. The van der Waals surface area contributed by atoms with E-state index in [1.165, 1.54) is 0 Å². The van der Waals surface area contributed by atoms with Gasteiger partial charge in [-0.05, 0) is 62.8 Å². The van der Waals surface area contributed by atoms with E-state index in [0.29, 0.717) is 12.0 Å². The number of amides is 3. The highest BCUT2D eigenvalue weighted by molar-refractivity contribution is 5.93. The van der Waals surface area contributed by atoms with Crippen LogP contribution in [0.1, 0.15) is 69.3 Å². The van der Waals surface area contributed by atoms with Crippen molar-refractivity contribution >= 4 is 17.9 Å². The Labute approximate surface area is 221 Å². The van der Waals surface area contributed by atoms with Crippen molar-refractivity contribution in [1.29, 1.82) is 0 Å². The van der Waals surface area contributed by atoms with Crippen LogP contribution < -0.4 is 10.6 Å². The van der Waals surface area contributed by atoms with Crippen molar-refractivity contribution in [2.75, 3.05) is 0 Å². The molecule has 0 spiro atoms. The number of carbonyl (C=O) groups is 3. The Morgan fingerprint density at radius 2 is 1.70 bits per heavy atom. The van der Waals surface area contributed by atoms with Crippen molar-refractivity contribution in [2.45, 2.75) is 79.1 Å². The maximum Gasteiger partial charge on any atom is 0.408 e. The van der Waals surface area contributed by atoms with Crippen molar-refractivity contribution < 1.29 is 19.1 Å². The highest BCUT2D eigenvalue weighted by Gasteiger charge is 2.37. The average Bonchev–Trinajstić information content (AvgIpc) is 2.84. The van der Waals surface area contributed by atoms with Crippen molar-refractivity contribution in [3.63, 3.8) is 0 Å². The lowest BCUT2D eigenvalue weighted by Gasteiger charge is -2.32. The lowest BCUT2D eigenvalue weighted by Crippen LogP contribution is -2.53. The lowest BCUT2D eigenvalue weighted by atomic mass is 9.95. The molecule has 0 aliphatic rings. The summed E-state index contributed by atoms with van der Waals surface area (Å²) in [7, 11) is 0. The minimum atomic E-state index is -1.09. The second-order valence-electron chi connectivity index (χ2n) is 10.3. The Balaban J connectivity index is 2.44. The van der Waals surface area contributed by atoms with Gasteiger partial charge < -0.3 is 15.4 Å². The molecule has 2 rings (SSSR count). The van der Waals surface area contributed by atoms with Gasteiger partial charge in [-0.2, -0.15) is 0 Å². The maximum absolute atomic E-state index is 13.9. The van der Waals surface area contributed by atoms with Crippen LogP contribution in [-0.4, -0.2) is 34.5 Å². The number of aryl methyl sites for hydroxylation is 2. The summed E-state index contributed by atoms with van der Waals surface area (Å²) in [6, 6.07) is 15.4. The van der Waals surface area contributed by atoms with Crippen molar-refractivity contribution in [2.24, 2.45) is 5.92 Å². The van der Waals surface area contributed by atoms with Crippen LogP contribution in [0.15, 0.2) is 48.5 Å². The average molecular weight is 506 g/mol. The third kappa shape index (κ3) is 8.38. The van der Waals surface area contributed by atoms with Crippen molar-refractivity contribution in [3.8, 4) is 12.5 Å². The first-order chi connectivity index (χ1) is 17.4. The molecule has 37 heavy (non-hydrogen) atoms. The number of hydrogen-bond donors (Lipinski definition) is 2. The van der Waals surface area contributed by atoms with Gasteiger partial charge in [0, 0.05) is 12.6 Å². The second-order valence-corrected chi connectivity index (χ2v) is 10.3. The first kappa shape index (κ1) is 29.4. The predicted octanol–water partition coefficient (Wildman–Crippen LogP) is 5.02. The summed E-state index contributed by atoms with van der Waals surface area (Å²) in [4.78, 5) is 41.1. The minimum Gasteiger partial charge on any atom is -0.444 e. The van der Waals surface area contributed by atoms with Crippen LogP contribution in [-0.2, 0) is 20.9 Å². The zero-order chi connectivity index (χ0) is 27.8. The van der Waals surface area contributed by atoms with E-state index < -0.39 is 35.6 Å². The van der Waals surface area contributed by atoms with Crippen LogP contribution in [0.3, 0.4) is 0 Å². The number of carbonyl (C=O) groups excluding carboxylic acids is 3. The lowest BCUT2D eigenvalue weighted by molar-refractivity contribution is -0.139. The summed E-state index contributed by atoms with van der Waals surface area (Å²) in [6.45, 7) is 13.2. The molecule has 0 radical (unpaired) electrons. The van der Waals surface area contributed by atoms with Gasteiger partial charge in [-0.15, -0.1) is 0 Å². The molecule has 2 aromatic carbocycles. The number of benzene rings is 2. The van der Waals surface area contributed by atoms with E-state index >= 15 is 0 Å². The van der Waals surface area contributed by atoms with Crippen LogP contribution in [0.4, 0.5) is 4.79 Å². The third-order valence-electron chi connectivity index (χ3n) is 6.19. The molecule has 0 aliphatic heterocycles. The number of nitrogens with zero attached hydrogens (tertiary/aromatic N) is 1. The molecule has 0 aliphatic carbocycles. The Hall–Kier alpha value is -3.79. The molecular weight excluding hydrogens is 466 g/mol. The van der Waals surface area contributed by atoms with E-state index in [1.807, 2.05) is 70.2 Å². The number of ether oxygens (including phenoxy) is 1. The fourth-order valence-electron chi connectivity index (χ4n) is 3.77. The summed E-state index contributed by atoms with van der Waals surface area (Å²) < 4.78 is 5.38. The Morgan fingerprint density at radius 3 is 2.24 bits per heavy atom. The molecule has 0 fully saturated rings. The van der Waals surface area contributed by atoms with E-state index in [9.17, 15) is 14.4 Å². The predicted molar refractivity (Wildman–Crippen MR) is 145 cm³/mol. The molecule has 2 aromatic rings. The number of terminal acetylenes is 1. The molecule has 0 saturated heterocycles. The van der Waals surface area contributed by atoms with Gasteiger partial charge in [-0.25, -0.2) is 4.79 Å². The highest BCUT2D eigenvalue weighted by atomic mass is 16.6. The maximum atomic E-state index is 13.9. The molecule has 0 saturated carbocycles. The van der Waals surface area contributed by atoms with Crippen molar-refractivity contribution in [1.82, 2.24) is 15.5 Å². The van der Waals surface area contributed by atoms with Crippen LogP contribution in [0.5, 0.6) is 0 Å². The van der Waals surface area contributed by atoms with Gasteiger partial charge in [-0.1, -0.05) is 75.2 Å². The zero-order valence-electron chi connectivity index (χ0n) is 22.9. The second kappa shape index (κ2) is 13.0. The molecule has 2 N–H and O–H groups in total. The topological polar surface area (TPSA) is 87.7 Å². The zero-order valence-corrected chi connectivity index (χ0v) is 22.9.